The number of rotatable bonds is 8. The first-order valence-electron chi connectivity index (χ1n) is 8.97. The van der Waals surface area contributed by atoms with Crippen molar-refractivity contribution in [2.24, 2.45) is 0 Å². The van der Waals surface area contributed by atoms with E-state index in [1.165, 1.54) is 5.56 Å². The molecule has 2 aromatic carbocycles. The van der Waals surface area contributed by atoms with Gasteiger partial charge in [0.05, 0.1) is 0 Å². The number of halogens is 1. The first-order valence-corrected chi connectivity index (χ1v) is 9.35. The first kappa shape index (κ1) is 22.5. The Balaban J connectivity index is 0.000000377. The second-order valence-corrected chi connectivity index (χ2v) is 6.66. The van der Waals surface area contributed by atoms with Crippen LogP contribution in [0.5, 0.6) is 0 Å². The largest absolute Gasteiger partial charge is 0.478 e. The summed E-state index contributed by atoms with van der Waals surface area (Å²) in [6, 6.07) is 19.4. The van der Waals surface area contributed by atoms with Crippen LogP contribution < -0.4 is 0 Å². The molecule has 2 rings (SSSR count). The van der Waals surface area contributed by atoms with Gasteiger partial charge in [0, 0.05) is 5.57 Å². The van der Waals surface area contributed by atoms with Crippen molar-refractivity contribution in [2.45, 2.75) is 31.1 Å². The second-order valence-electron chi connectivity index (χ2n) is 6.03. The molecule has 142 valence electrons. The van der Waals surface area contributed by atoms with Gasteiger partial charge in [0.15, 0.2) is 0 Å². The van der Waals surface area contributed by atoms with Gasteiger partial charge in [-0.1, -0.05) is 92.7 Å². The normalized spacial score (nSPS) is 12.9. The van der Waals surface area contributed by atoms with Crippen LogP contribution in [0.25, 0.3) is 6.08 Å². The fourth-order valence-corrected chi connectivity index (χ4v) is 2.66. The Hall–Kier alpha value is -2.58. The molecule has 3 heteroatoms. The molecule has 1 atom stereocenters. The Labute approximate surface area is 167 Å². The van der Waals surface area contributed by atoms with Crippen LogP contribution in [0.2, 0.25) is 0 Å². The highest BCUT2D eigenvalue weighted by Gasteiger charge is 2.25. The van der Waals surface area contributed by atoms with E-state index >= 15 is 0 Å². The third kappa shape index (κ3) is 7.67. The summed E-state index contributed by atoms with van der Waals surface area (Å²) >= 11 is 6.51. The molecule has 0 aliphatic carbocycles. The minimum absolute atomic E-state index is 0.334. The van der Waals surface area contributed by atoms with Crippen molar-refractivity contribution in [1.82, 2.24) is 0 Å². The molecule has 1 unspecified atom stereocenters. The molecule has 2 aromatic rings. The van der Waals surface area contributed by atoms with E-state index in [9.17, 15) is 9.90 Å². The molecule has 0 amide bonds. The molecule has 0 aliphatic rings. The summed E-state index contributed by atoms with van der Waals surface area (Å²) < 4.78 is 0. The SMILES string of the molecule is C=CC(Cl)(C=C(CCCC)C(=O)O)c1ccccc1.C=Cc1ccccc1. The van der Waals surface area contributed by atoms with Gasteiger partial charge in [-0.2, -0.15) is 0 Å². The molecule has 0 heterocycles. The topological polar surface area (TPSA) is 37.3 Å². The van der Waals surface area contributed by atoms with Gasteiger partial charge in [0.2, 0.25) is 0 Å². The molecule has 1 N–H and O–H groups in total. The first-order chi connectivity index (χ1) is 13.0. The van der Waals surface area contributed by atoms with E-state index in [0.717, 1.165) is 18.4 Å². The predicted octanol–water partition coefficient (Wildman–Crippen LogP) is 6.84. The van der Waals surface area contributed by atoms with Crippen molar-refractivity contribution in [1.29, 1.82) is 0 Å². The van der Waals surface area contributed by atoms with E-state index in [-0.39, 0.29) is 0 Å². The maximum atomic E-state index is 11.3. The Kier molecular flexibility index (Phi) is 9.92. The molecule has 0 radical (unpaired) electrons. The zero-order valence-electron chi connectivity index (χ0n) is 15.8. The number of carboxylic acids is 1. The lowest BCUT2D eigenvalue weighted by molar-refractivity contribution is -0.132. The van der Waals surface area contributed by atoms with Crippen LogP contribution in [-0.2, 0) is 9.67 Å². The number of carbonyl (C=O) groups is 1. The molecular formula is C24H27ClO2. The number of aliphatic carboxylic acids is 1. The van der Waals surface area contributed by atoms with Crippen LogP contribution in [0, 0.1) is 0 Å². The van der Waals surface area contributed by atoms with E-state index in [4.69, 9.17) is 11.6 Å². The fraction of sp³-hybridized carbons (Fsp3) is 0.208. The highest BCUT2D eigenvalue weighted by atomic mass is 35.5. The molecule has 0 aromatic heterocycles. The molecule has 0 spiro atoms. The third-order valence-corrected chi connectivity index (χ3v) is 4.49. The highest BCUT2D eigenvalue weighted by Crippen LogP contribution is 2.33. The van der Waals surface area contributed by atoms with Crippen molar-refractivity contribution >= 4 is 23.6 Å². The van der Waals surface area contributed by atoms with Crippen molar-refractivity contribution in [3.05, 3.63) is 103 Å². The van der Waals surface area contributed by atoms with E-state index < -0.39 is 10.8 Å². The van der Waals surface area contributed by atoms with Gasteiger partial charge in [-0.05, 0) is 30.0 Å². The molecule has 27 heavy (non-hydrogen) atoms. The molecule has 0 saturated heterocycles. The summed E-state index contributed by atoms with van der Waals surface area (Å²) in [5.74, 6) is -0.920. The van der Waals surface area contributed by atoms with Gasteiger partial charge >= 0.3 is 5.97 Å². The van der Waals surface area contributed by atoms with Crippen LogP contribution in [0.1, 0.15) is 37.3 Å². The van der Waals surface area contributed by atoms with E-state index in [2.05, 4.69) is 13.2 Å². The Morgan fingerprint density at radius 2 is 1.63 bits per heavy atom. The van der Waals surface area contributed by atoms with E-state index in [1.807, 2.05) is 73.7 Å². The van der Waals surface area contributed by atoms with Crippen LogP contribution in [-0.4, -0.2) is 11.1 Å². The summed E-state index contributed by atoms with van der Waals surface area (Å²) in [6.07, 6.45) is 7.28. The lowest BCUT2D eigenvalue weighted by Gasteiger charge is -2.20. The lowest BCUT2D eigenvalue weighted by atomic mass is 9.94. The summed E-state index contributed by atoms with van der Waals surface area (Å²) in [4.78, 5) is 10.3. The zero-order valence-corrected chi connectivity index (χ0v) is 16.5. The highest BCUT2D eigenvalue weighted by molar-refractivity contribution is 6.27. The van der Waals surface area contributed by atoms with Crippen molar-refractivity contribution in [3.63, 3.8) is 0 Å². The maximum Gasteiger partial charge on any atom is 0.331 e. The number of hydrogen-bond acceptors (Lipinski definition) is 1. The summed E-state index contributed by atoms with van der Waals surface area (Å²) in [5, 5.41) is 9.24. The minimum Gasteiger partial charge on any atom is -0.478 e. The van der Waals surface area contributed by atoms with Crippen LogP contribution in [0.4, 0.5) is 0 Å². The average molecular weight is 383 g/mol. The number of carboxylic acid groups (broad SMARTS) is 1. The summed E-state index contributed by atoms with van der Waals surface area (Å²) in [5.41, 5.74) is 2.33. The molecule has 0 fully saturated rings. The lowest BCUT2D eigenvalue weighted by Crippen LogP contribution is -2.15. The zero-order chi connectivity index (χ0) is 20.1. The van der Waals surface area contributed by atoms with Crippen molar-refractivity contribution in [2.75, 3.05) is 0 Å². The molecule has 0 aliphatic heterocycles. The number of benzene rings is 2. The molecule has 0 bridgehead atoms. The number of allylic oxidation sites excluding steroid dienone is 2. The van der Waals surface area contributed by atoms with Crippen LogP contribution in [0.3, 0.4) is 0 Å². The number of hydrogen-bond donors (Lipinski definition) is 1. The fourth-order valence-electron chi connectivity index (χ4n) is 2.40. The Morgan fingerprint density at radius 3 is 2.04 bits per heavy atom. The third-order valence-electron chi connectivity index (χ3n) is 4.01. The predicted molar refractivity (Wildman–Crippen MR) is 116 cm³/mol. The smallest absolute Gasteiger partial charge is 0.331 e. The van der Waals surface area contributed by atoms with E-state index in [1.54, 1.807) is 12.2 Å². The molecule has 2 nitrogen and oxygen atoms in total. The van der Waals surface area contributed by atoms with Crippen LogP contribution >= 0.6 is 11.6 Å². The standard InChI is InChI=1S/C16H19ClO2.C8H8/c1-3-5-9-13(15(18)19)12-16(17,4-2)14-10-7-6-8-11-14;1-2-8-6-4-3-5-7-8/h4,6-8,10-12H,2-3,5,9H2,1H3,(H,18,19);2-7H,1H2. The number of unbranched alkanes of at least 4 members (excludes halogenated alkanes) is 1. The van der Waals surface area contributed by atoms with Gasteiger partial charge in [0.1, 0.15) is 4.87 Å². The second kappa shape index (κ2) is 11.9. The Bertz CT molecular complexity index is 750. The average Bonchev–Trinajstić information content (AvgIpc) is 2.72. The maximum absolute atomic E-state index is 11.3. The molecular weight excluding hydrogens is 356 g/mol. The van der Waals surface area contributed by atoms with Gasteiger partial charge in [-0.15, -0.1) is 18.2 Å². The number of alkyl halides is 1. The van der Waals surface area contributed by atoms with Gasteiger partial charge < -0.3 is 5.11 Å². The summed E-state index contributed by atoms with van der Waals surface area (Å²) in [7, 11) is 0. The van der Waals surface area contributed by atoms with Crippen molar-refractivity contribution in [3.8, 4) is 0 Å². The van der Waals surface area contributed by atoms with Gasteiger partial charge in [-0.25, -0.2) is 4.79 Å². The Morgan fingerprint density at radius 1 is 1.07 bits per heavy atom. The van der Waals surface area contributed by atoms with Gasteiger partial charge in [0.25, 0.3) is 0 Å². The molecule has 0 saturated carbocycles. The quantitative estimate of drug-likeness (QED) is 0.308. The van der Waals surface area contributed by atoms with Gasteiger partial charge in [-0.3, -0.25) is 0 Å². The van der Waals surface area contributed by atoms with Crippen LogP contribution in [0.15, 0.2) is 91.5 Å². The monoisotopic (exact) mass is 382 g/mol. The van der Waals surface area contributed by atoms with E-state index in [0.29, 0.717) is 12.0 Å². The van der Waals surface area contributed by atoms with Crippen molar-refractivity contribution < 1.29 is 9.90 Å². The minimum atomic E-state index is -0.970. The summed E-state index contributed by atoms with van der Waals surface area (Å²) in [6.45, 7) is 9.39.